The van der Waals surface area contributed by atoms with Gasteiger partial charge in [-0.1, -0.05) is 30.7 Å². The van der Waals surface area contributed by atoms with Gasteiger partial charge in [-0.15, -0.1) is 0 Å². The van der Waals surface area contributed by atoms with Gasteiger partial charge in [0.1, 0.15) is 11.6 Å². The molecule has 5 nitrogen and oxygen atoms in total. The third kappa shape index (κ3) is 5.97. The molecule has 1 aromatic heterocycles. The molecule has 3 aromatic rings. The zero-order valence-electron chi connectivity index (χ0n) is 18.8. The van der Waals surface area contributed by atoms with E-state index in [-0.39, 0.29) is 18.9 Å². The van der Waals surface area contributed by atoms with E-state index in [1.165, 1.54) is 6.07 Å². The number of alkyl halides is 3. The third-order valence-corrected chi connectivity index (χ3v) is 5.98. The van der Waals surface area contributed by atoms with Crippen molar-refractivity contribution in [1.29, 1.82) is 0 Å². The molecule has 1 amide bonds. The zero-order chi connectivity index (χ0) is 24.3. The predicted molar refractivity (Wildman–Crippen MR) is 127 cm³/mol. The Hall–Kier alpha value is -2.87. The van der Waals surface area contributed by atoms with E-state index in [1.807, 2.05) is 12.1 Å². The molecule has 0 unspecified atom stereocenters. The van der Waals surface area contributed by atoms with Crippen molar-refractivity contribution >= 4 is 34.2 Å². The van der Waals surface area contributed by atoms with Crippen molar-refractivity contribution in [3.8, 4) is 0 Å². The van der Waals surface area contributed by atoms with Crippen molar-refractivity contribution in [3.63, 3.8) is 0 Å². The van der Waals surface area contributed by atoms with E-state index in [1.54, 1.807) is 12.1 Å². The Kier molecular flexibility index (Phi) is 7.26. The van der Waals surface area contributed by atoms with Crippen molar-refractivity contribution in [2.75, 3.05) is 18.0 Å². The number of nitrogens with one attached hydrogen (secondary N) is 1. The molecule has 1 aliphatic rings. The summed E-state index contributed by atoms with van der Waals surface area (Å²) in [6, 6.07) is 10.5. The van der Waals surface area contributed by atoms with Crippen molar-refractivity contribution in [2.24, 2.45) is 0 Å². The third-order valence-electron chi connectivity index (χ3n) is 5.74. The van der Waals surface area contributed by atoms with E-state index in [0.717, 1.165) is 53.9 Å². The number of hydrogen-bond donors (Lipinski definition) is 1. The molecule has 1 N–H and O–H groups in total. The summed E-state index contributed by atoms with van der Waals surface area (Å²) in [6.07, 6.45) is -1.22. The van der Waals surface area contributed by atoms with Crippen LogP contribution in [-0.2, 0) is 17.5 Å². The van der Waals surface area contributed by atoms with Crippen molar-refractivity contribution in [1.82, 2.24) is 15.3 Å². The highest BCUT2D eigenvalue weighted by molar-refractivity contribution is 6.31. The summed E-state index contributed by atoms with van der Waals surface area (Å²) < 4.78 is 38.7. The SMILES string of the molecule is CCCN(CCC(=O)NCc1cccc(C(F)(F)F)c1)c1nc(C2CC2)nc2cc(Cl)ccc12. The van der Waals surface area contributed by atoms with Crippen molar-refractivity contribution in [2.45, 2.75) is 51.2 Å². The van der Waals surface area contributed by atoms with Gasteiger partial charge in [-0.05, 0) is 55.2 Å². The van der Waals surface area contributed by atoms with Crippen LogP contribution in [0, 0.1) is 0 Å². The first-order chi connectivity index (χ1) is 16.2. The fourth-order valence-electron chi connectivity index (χ4n) is 3.85. The first-order valence-electron chi connectivity index (χ1n) is 11.4. The summed E-state index contributed by atoms with van der Waals surface area (Å²) in [6.45, 7) is 3.24. The predicted octanol–water partition coefficient (Wildman–Crippen LogP) is 6.10. The van der Waals surface area contributed by atoms with Crippen LogP contribution in [0.5, 0.6) is 0 Å². The molecule has 0 bridgehead atoms. The molecular weight excluding hydrogens is 465 g/mol. The van der Waals surface area contributed by atoms with Gasteiger partial charge < -0.3 is 10.2 Å². The van der Waals surface area contributed by atoms with E-state index in [0.29, 0.717) is 29.6 Å². The molecule has 0 atom stereocenters. The van der Waals surface area contributed by atoms with Crippen LogP contribution in [-0.4, -0.2) is 29.0 Å². The molecule has 1 saturated carbocycles. The number of carbonyl (C=O) groups excluding carboxylic acids is 1. The molecule has 1 heterocycles. The quantitative estimate of drug-likeness (QED) is 0.393. The Morgan fingerprint density at radius 2 is 1.94 bits per heavy atom. The van der Waals surface area contributed by atoms with Crippen LogP contribution in [0.3, 0.4) is 0 Å². The first kappa shape index (κ1) is 24.3. The van der Waals surface area contributed by atoms with E-state index < -0.39 is 11.7 Å². The van der Waals surface area contributed by atoms with Crippen LogP contribution in [0.25, 0.3) is 10.9 Å². The number of halogens is 4. The van der Waals surface area contributed by atoms with Gasteiger partial charge in [-0.2, -0.15) is 13.2 Å². The molecule has 180 valence electrons. The van der Waals surface area contributed by atoms with E-state index in [4.69, 9.17) is 21.6 Å². The second-order valence-corrected chi connectivity index (χ2v) is 8.99. The molecule has 9 heteroatoms. The largest absolute Gasteiger partial charge is 0.416 e. The molecule has 0 aliphatic heterocycles. The van der Waals surface area contributed by atoms with Gasteiger partial charge >= 0.3 is 6.18 Å². The second-order valence-electron chi connectivity index (χ2n) is 8.55. The van der Waals surface area contributed by atoms with Crippen LogP contribution < -0.4 is 10.2 Å². The Morgan fingerprint density at radius 1 is 1.15 bits per heavy atom. The lowest BCUT2D eigenvalue weighted by Crippen LogP contribution is -2.32. The second kappa shape index (κ2) is 10.2. The summed E-state index contributed by atoms with van der Waals surface area (Å²) in [5.41, 5.74) is 0.464. The van der Waals surface area contributed by atoms with Gasteiger partial charge in [0.15, 0.2) is 0 Å². The molecule has 1 fully saturated rings. The molecular formula is C25H26ClF3N4O. The lowest BCUT2D eigenvalue weighted by Gasteiger charge is -2.25. The fraction of sp³-hybridized carbons (Fsp3) is 0.400. The molecule has 1 aliphatic carbocycles. The highest BCUT2D eigenvalue weighted by Crippen LogP contribution is 2.40. The van der Waals surface area contributed by atoms with E-state index >= 15 is 0 Å². The topological polar surface area (TPSA) is 58.1 Å². The number of carbonyl (C=O) groups is 1. The van der Waals surface area contributed by atoms with Gasteiger partial charge in [0.2, 0.25) is 5.91 Å². The zero-order valence-corrected chi connectivity index (χ0v) is 19.6. The maximum Gasteiger partial charge on any atom is 0.416 e. The number of benzene rings is 2. The highest BCUT2D eigenvalue weighted by atomic mass is 35.5. The van der Waals surface area contributed by atoms with Gasteiger partial charge in [0.25, 0.3) is 0 Å². The normalized spacial score (nSPS) is 13.8. The number of nitrogens with zero attached hydrogens (tertiary/aromatic N) is 3. The lowest BCUT2D eigenvalue weighted by molar-refractivity contribution is -0.137. The van der Waals surface area contributed by atoms with Crippen LogP contribution >= 0.6 is 11.6 Å². The van der Waals surface area contributed by atoms with Crippen LogP contribution in [0.1, 0.15) is 55.5 Å². The molecule has 34 heavy (non-hydrogen) atoms. The fourth-order valence-corrected chi connectivity index (χ4v) is 4.01. The lowest BCUT2D eigenvalue weighted by atomic mass is 10.1. The Bertz CT molecular complexity index is 1180. The monoisotopic (exact) mass is 490 g/mol. The summed E-state index contributed by atoms with van der Waals surface area (Å²) in [5, 5.41) is 4.22. The molecule has 0 spiro atoms. The Morgan fingerprint density at radius 3 is 2.65 bits per heavy atom. The van der Waals surface area contributed by atoms with Gasteiger partial charge in [0.05, 0.1) is 11.1 Å². The van der Waals surface area contributed by atoms with Crippen molar-refractivity contribution < 1.29 is 18.0 Å². The van der Waals surface area contributed by atoms with E-state index in [9.17, 15) is 18.0 Å². The standard InChI is InChI=1S/C25H26ClF3N4O/c1-2-11-33(12-10-22(34)30-15-16-4-3-5-18(13-16)25(27,28)29)24-20-9-8-19(26)14-21(20)31-23(32-24)17-6-7-17/h3-5,8-9,13-14,17H,2,6-7,10-12,15H2,1H3,(H,30,34). The number of hydrogen-bond acceptors (Lipinski definition) is 4. The molecule has 2 aromatic carbocycles. The average molecular weight is 491 g/mol. The summed E-state index contributed by atoms with van der Waals surface area (Å²) in [7, 11) is 0. The Balaban J connectivity index is 1.46. The number of anilines is 1. The number of aromatic nitrogens is 2. The minimum absolute atomic E-state index is 0.0390. The first-order valence-corrected chi connectivity index (χ1v) is 11.8. The Labute approximate surface area is 201 Å². The summed E-state index contributed by atoms with van der Waals surface area (Å²) in [5.74, 6) is 1.72. The van der Waals surface area contributed by atoms with Gasteiger partial charge in [0, 0.05) is 42.4 Å². The van der Waals surface area contributed by atoms with Gasteiger partial charge in [-0.25, -0.2) is 9.97 Å². The van der Waals surface area contributed by atoms with Crippen molar-refractivity contribution in [3.05, 3.63) is 64.4 Å². The van der Waals surface area contributed by atoms with Gasteiger partial charge in [-0.3, -0.25) is 4.79 Å². The molecule has 0 radical (unpaired) electrons. The maximum atomic E-state index is 12.9. The number of amides is 1. The minimum atomic E-state index is -4.41. The summed E-state index contributed by atoms with van der Waals surface area (Å²) >= 11 is 6.19. The minimum Gasteiger partial charge on any atom is -0.355 e. The van der Waals surface area contributed by atoms with Crippen LogP contribution in [0.4, 0.5) is 19.0 Å². The van der Waals surface area contributed by atoms with Crippen LogP contribution in [0.15, 0.2) is 42.5 Å². The molecule has 4 rings (SSSR count). The summed E-state index contributed by atoms with van der Waals surface area (Å²) in [4.78, 5) is 24.1. The number of rotatable bonds is 9. The smallest absolute Gasteiger partial charge is 0.355 e. The molecule has 0 saturated heterocycles. The highest BCUT2D eigenvalue weighted by Gasteiger charge is 2.30. The maximum absolute atomic E-state index is 12.9. The average Bonchev–Trinajstić information content (AvgIpc) is 3.65. The van der Waals surface area contributed by atoms with E-state index in [2.05, 4.69) is 17.1 Å². The number of fused-ring (bicyclic) bond motifs is 1. The van der Waals surface area contributed by atoms with Crippen LogP contribution in [0.2, 0.25) is 5.02 Å².